The Bertz CT molecular complexity index is 152. The Morgan fingerprint density at radius 1 is 1.42 bits per heavy atom. The van der Waals surface area contributed by atoms with Crippen LogP contribution in [0.1, 0.15) is 32.1 Å². The van der Waals surface area contributed by atoms with Gasteiger partial charge in [-0.05, 0) is 37.6 Å². The summed E-state index contributed by atoms with van der Waals surface area (Å²) in [5.41, 5.74) is 0.610. The Balaban J connectivity index is 1.97. The van der Waals surface area contributed by atoms with Crippen molar-refractivity contribution in [2.24, 2.45) is 5.41 Å². The minimum atomic E-state index is 0.540. The smallest absolute Gasteiger partial charge is 0.0577 e. The van der Waals surface area contributed by atoms with E-state index in [-0.39, 0.29) is 0 Å². The number of ether oxygens (including phenoxy) is 1. The van der Waals surface area contributed by atoms with Crippen molar-refractivity contribution in [3.8, 4) is 0 Å². The molecular weight excluding hydrogens is 150 g/mol. The van der Waals surface area contributed by atoms with E-state index < -0.39 is 0 Å². The fourth-order valence-electron chi connectivity index (χ4n) is 2.78. The molecule has 12 heavy (non-hydrogen) atoms. The quantitative estimate of drug-likeness (QED) is 0.643. The van der Waals surface area contributed by atoms with E-state index in [9.17, 15) is 0 Å². The largest absolute Gasteiger partial charge is 0.381 e. The van der Waals surface area contributed by atoms with Crippen molar-refractivity contribution < 1.29 is 4.74 Å². The van der Waals surface area contributed by atoms with Crippen LogP contribution in [-0.2, 0) is 4.74 Å². The van der Waals surface area contributed by atoms with Gasteiger partial charge in [0, 0.05) is 13.7 Å². The van der Waals surface area contributed by atoms with Crippen molar-refractivity contribution in [2.45, 2.75) is 38.2 Å². The Hall–Kier alpha value is -0.0800. The molecule has 2 rings (SSSR count). The molecule has 1 N–H and O–H groups in total. The van der Waals surface area contributed by atoms with Crippen molar-refractivity contribution in [1.29, 1.82) is 0 Å². The average molecular weight is 169 g/mol. The Morgan fingerprint density at radius 3 is 3.00 bits per heavy atom. The molecule has 1 saturated heterocycles. The molecule has 2 aliphatic rings. The first kappa shape index (κ1) is 8.52. The lowest BCUT2D eigenvalue weighted by Crippen LogP contribution is -2.34. The minimum absolute atomic E-state index is 0.540. The normalized spacial score (nSPS) is 42.2. The molecule has 1 aliphatic carbocycles. The molecule has 2 unspecified atom stereocenters. The van der Waals surface area contributed by atoms with Gasteiger partial charge in [0.1, 0.15) is 0 Å². The zero-order valence-corrected chi connectivity index (χ0v) is 7.94. The summed E-state index contributed by atoms with van der Waals surface area (Å²) in [6.45, 7) is 2.45. The van der Waals surface area contributed by atoms with Gasteiger partial charge in [0.05, 0.1) is 6.10 Å². The Morgan fingerprint density at radius 2 is 2.33 bits per heavy atom. The highest BCUT2D eigenvalue weighted by atomic mass is 16.5. The third kappa shape index (κ3) is 1.50. The molecule has 2 atom stereocenters. The van der Waals surface area contributed by atoms with E-state index in [1.807, 2.05) is 7.11 Å². The number of nitrogens with one attached hydrogen (secondary N) is 1. The molecule has 2 heteroatoms. The summed E-state index contributed by atoms with van der Waals surface area (Å²) in [6.07, 6.45) is 7.25. The topological polar surface area (TPSA) is 21.3 Å². The standard InChI is InChI=1S/C10H19NO/c1-12-9-3-2-4-10(7-9)5-6-11-8-10/h9,11H,2-8H2,1H3. The third-order valence-electron chi connectivity index (χ3n) is 3.56. The SMILES string of the molecule is COC1CCCC2(CCNC2)C1. The van der Waals surface area contributed by atoms with Gasteiger partial charge in [0.25, 0.3) is 0 Å². The van der Waals surface area contributed by atoms with Gasteiger partial charge in [-0.2, -0.15) is 0 Å². The first-order valence-corrected chi connectivity index (χ1v) is 5.08. The second-order valence-electron chi connectivity index (χ2n) is 4.38. The summed E-state index contributed by atoms with van der Waals surface area (Å²) >= 11 is 0. The van der Waals surface area contributed by atoms with E-state index in [1.54, 1.807) is 0 Å². The van der Waals surface area contributed by atoms with E-state index in [2.05, 4.69) is 5.32 Å². The van der Waals surface area contributed by atoms with Gasteiger partial charge in [-0.25, -0.2) is 0 Å². The van der Waals surface area contributed by atoms with Crippen LogP contribution in [0, 0.1) is 5.41 Å². The molecule has 2 nitrogen and oxygen atoms in total. The van der Waals surface area contributed by atoms with Crippen LogP contribution in [0.5, 0.6) is 0 Å². The van der Waals surface area contributed by atoms with Crippen LogP contribution in [0.4, 0.5) is 0 Å². The fourth-order valence-corrected chi connectivity index (χ4v) is 2.78. The molecule has 0 bridgehead atoms. The summed E-state index contributed by atoms with van der Waals surface area (Å²) in [5.74, 6) is 0. The molecule has 1 heterocycles. The summed E-state index contributed by atoms with van der Waals surface area (Å²) in [6, 6.07) is 0. The van der Waals surface area contributed by atoms with Crippen LogP contribution in [0.3, 0.4) is 0 Å². The lowest BCUT2D eigenvalue weighted by Gasteiger charge is -2.36. The van der Waals surface area contributed by atoms with Gasteiger partial charge in [-0.3, -0.25) is 0 Å². The number of hydrogen-bond donors (Lipinski definition) is 1. The Kier molecular flexibility index (Phi) is 2.37. The monoisotopic (exact) mass is 169 g/mol. The van der Waals surface area contributed by atoms with Gasteiger partial charge < -0.3 is 10.1 Å². The second-order valence-corrected chi connectivity index (χ2v) is 4.38. The number of hydrogen-bond acceptors (Lipinski definition) is 2. The van der Waals surface area contributed by atoms with Crippen LogP contribution in [0.2, 0.25) is 0 Å². The van der Waals surface area contributed by atoms with Crippen LogP contribution >= 0.6 is 0 Å². The highest BCUT2D eigenvalue weighted by Gasteiger charge is 2.38. The molecule has 0 radical (unpaired) electrons. The van der Waals surface area contributed by atoms with Crippen molar-refractivity contribution in [2.75, 3.05) is 20.2 Å². The van der Waals surface area contributed by atoms with Crippen LogP contribution in [0.15, 0.2) is 0 Å². The number of rotatable bonds is 1. The Labute approximate surface area is 74.7 Å². The molecule has 1 saturated carbocycles. The zero-order valence-electron chi connectivity index (χ0n) is 7.94. The first-order valence-electron chi connectivity index (χ1n) is 5.08. The van der Waals surface area contributed by atoms with Crippen molar-refractivity contribution in [3.63, 3.8) is 0 Å². The van der Waals surface area contributed by atoms with Gasteiger partial charge >= 0.3 is 0 Å². The summed E-state index contributed by atoms with van der Waals surface area (Å²) in [7, 11) is 1.85. The zero-order chi connectivity index (χ0) is 8.44. The molecule has 1 aliphatic heterocycles. The highest BCUT2D eigenvalue weighted by molar-refractivity contribution is 4.92. The van der Waals surface area contributed by atoms with Gasteiger partial charge in [0.15, 0.2) is 0 Å². The molecule has 0 amide bonds. The lowest BCUT2D eigenvalue weighted by molar-refractivity contribution is 0.0196. The molecule has 70 valence electrons. The van der Waals surface area contributed by atoms with Crippen molar-refractivity contribution in [1.82, 2.24) is 5.32 Å². The maximum absolute atomic E-state index is 5.45. The van der Waals surface area contributed by atoms with Crippen LogP contribution < -0.4 is 5.32 Å². The summed E-state index contributed by atoms with van der Waals surface area (Å²) in [5, 5.41) is 3.47. The van der Waals surface area contributed by atoms with Crippen LogP contribution in [-0.4, -0.2) is 26.3 Å². The second kappa shape index (κ2) is 3.35. The lowest BCUT2D eigenvalue weighted by atomic mass is 9.72. The fraction of sp³-hybridized carbons (Fsp3) is 1.00. The molecule has 0 aromatic rings. The predicted molar refractivity (Wildman–Crippen MR) is 49.2 cm³/mol. The van der Waals surface area contributed by atoms with E-state index in [0.717, 1.165) is 0 Å². The van der Waals surface area contributed by atoms with E-state index in [0.29, 0.717) is 11.5 Å². The third-order valence-corrected chi connectivity index (χ3v) is 3.56. The van der Waals surface area contributed by atoms with Gasteiger partial charge in [0.2, 0.25) is 0 Å². The predicted octanol–water partition coefficient (Wildman–Crippen LogP) is 1.56. The molecule has 1 spiro atoms. The average Bonchev–Trinajstić information content (AvgIpc) is 2.53. The molecule has 0 aromatic carbocycles. The maximum Gasteiger partial charge on any atom is 0.0577 e. The van der Waals surface area contributed by atoms with E-state index in [1.165, 1.54) is 45.2 Å². The van der Waals surface area contributed by atoms with Crippen molar-refractivity contribution >= 4 is 0 Å². The summed E-state index contributed by atoms with van der Waals surface area (Å²) < 4.78 is 5.45. The highest BCUT2D eigenvalue weighted by Crippen LogP contribution is 2.41. The van der Waals surface area contributed by atoms with Crippen LogP contribution in [0.25, 0.3) is 0 Å². The maximum atomic E-state index is 5.45. The summed E-state index contributed by atoms with van der Waals surface area (Å²) in [4.78, 5) is 0. The van der Waals surface area contributed by atoms with Gasteiger partial charge in [-0.1, -0.05) is 6.42 Å². The van der Waals surface area contributed by atoms with E-state index in [4.69, 9.17) is 4.74 Å². The minimum Gasteiger partial charge on any atom is -0.381 e. The van der Waals surface area contributed by atoms with Gasteiger partial charge in [-0.15, -0.1) is 0 Å². The molecule has 2 fully saturated rings. The van der Waals surface area contributed by atoms with Crippen molar-refractivity contribution in [3.05, 3.63) is 0 Å². The molecule has 0 aromatic heterocycles. The number of methoxy groups -OCH3 is 1. The van der Waals surface area contributed by atoms with E-state index >= 15 is 0 Å². The first-order chi connectivity index (χ1) is 5.85. The molecular formula is C10H19NO.